The number of unbranched alkanes of at least 4 members (excludes halogenated alkanes) is 28. The molecule has 0 aliphatic rings. The highest BCUT2D eigenvalue weighted by Crippen LogP contribution is 2.15. The predicted octanol–water partition coefficient (Wildman–Crippen LogP) is 19.0. The van der Waals surface area contributed by atoms with Crippen LogP contribution in [-0.4, -0.2) is 37.2 Å². The molecule has 0 fully saturated rings. The summed E-state index contributed by atoms with van der Waals surface area (Å²) in [4.78, 5) is 38.1. The maximum absolute atomic E-state index is 12.8. The lowest BCUT2D eigenvalue weighted by atomic mass is 10.0. The maximum Gasteiger partial charge on any atom is 0.306 e. The van der Waals surface area contributed by atoms with Crippen LogP contribution in [0.1, 0.15) is 278 Å². The normalized spacial score (nSPS) is 12.6. The molecule has 0 bridgehead atoms. The number of allylic oxidation sites excluding steroid dienone is 12. The first-order valence-corrected chi connectivity index (χ1v) is 28.4. The number of carbonyl (C=O) groups excluding carboxylic acids is 3. The van der Waals surface area contributed by atoms with Gasteiger partial charge in [0.05, 0.1) is 0 Å². The fraction of sp³-hybridized carbons (Fsp3) is 0.754. The molecule has 6 heteroatoms. The number of hydrogen-bond donors (Lipinski definition) is 0. The average Bonchev–Trinajstić information content (AvgIpc) is 3.33. The number of carbonyl (C=O) groups is 3. The fourth-order valence-electron chi connectivity index (χ4n) is 7.88. The molecule has 0 heterocycles. The third-order valence-electron chi connectivity index (χ3n) is 12.2. The van der Waals surface area contributed by atoms with Gasteiger partial charge in [0.2, 0.25) is 0 Å². The monoisotopic (exact) mass is 935 g/mol. The van der Waals surface area contributed by atoms with E-state index in [1.165, 1.54) is 154 Å². The van der Waals surface area contributed by atoms with Crippen LogP contribution in [0, 0.1) is 0 Å². The summed E-state index contributed by atoms with van der Waals surface area (Å²) in [5, 5.41) is 0. The third-order valence-corrected chi connectivity index (χ3v) is 12.2. The number of esters is 3. The largest absolute Gasteiger partial charge is 0.462 e. The van der Waals surface area contributed by atoms with E-state index in [-0.39, 0.29) is 37.5 Å². The smallest absolute Gasteiger partial charge is 0.306 e. The van der Waals surface area contributed by atoms with E-state index in [1.54, 1.807) is 0 Å². The van der Waals surface area contributed by atoms with Crippen LogP contribution in [0.25, 0.3) is 0 Å². The van der Waals surface area contributed by atoms with Crippen LogP contribution in [0.15, 0.2) is 72.9 Å². The standard InChI is InChI=1S/C61H106O6/c1-4-7-10-13-16-19-22-25-28-30-33-36-39-42-45-48-51-54-60(63)66-57-58(56-65-59(62)53-50-47-44-41-38-35-32-27-24-21-18-15-12-9-6-3)67-61(64)55-52-49-46-43-40-37-34-31-29-26-23-20-17-14-11-8-5-2/h16-17,19-20,25-26,28-29,33,36,42,45,58H,4-15,18,21-24,27,30-32,34-35,37-41,43-44,46-57H2,1-3H3/b19-16-,20-17-,28-25-,29-26-,36-33-,45-42-. The Bertz CT molecular complexity index is 1260. The highest BCUT2D eigenvalue weighted by atomic mass is 16.6. The number of hydrogen-bond acceptors (Lipinski definition) is 6. The lowest BCUT2D eigenvalue weighted by Crippen LogP contribution is -2.30. The van der Waals surface area contributed by atoms with Crippen LogP contribution in [0.5, 0.6) is 0 Å². The first kappa shape index (κ1) is 63.8. The summed E-state index contributed by atoms with van der Waals surface area (Å²) in [6.07, 6.45) is 70.3. The second-order valence-electron chi connectivity index (χ2n) is 18.8. The first-order chi connectivity index (χ1) is 33.0. The molecule has 0 aromatic rings. The van der Waals surface area contributed by atoms with Crippen LogP contribution in [-0.2, 0) is 28.6 Å². The van der Waals surface area contributed by atoms with Crippen molar-refractivity contribution in [3.8, 4) is 0 Å². The molecule has 0 radical (unpaired) electrons. The van der Waals surface area contributed by atoms with E-state index in [0.29, 0.717) is 19.3 Å². The van der Waals surface area contributed by atoms with Gasteiger partial charge in [-0.2, -0.15) is 0 Å². The molecule has 0 N–H and O–H groups in total. The first-order valence-electron chi connectivity index (χ1n) is 28.4. The molecule has 0 aliphatic carbocycles. The quantitative estimate of drug-likeness (QED) is 0.0262. The van der Waals surface area contributed by atoms with Crippen LogP contribution in [0.2, 0.25) is 0 Å². The van der Waals surface area contributed by atoms with Crippen molar-refractivity contribution in [3.05, 3.63) is 72.9 Å². The minimum absolute atomic E-state index is 0.0935. The molecular formula is C61H106O6. The van der Waals surface area contributed by atoms with E-state index in [9.17, 15) is 14.4 Å². The van der Waals surface area contributed by atoms with Gasteiger partial charge in [-0.1, -0.05) is 241 Å². The van der Waals surface area contributed by atoms with Gasteiger partial charge in [-0.05, 0) is 89.9 Å². The van der Waals surface area contributed by atoms with Crippen molar-refractivity contribution < 1.29 is 28.6 Å². The van der Waals surface area contributed by atoms with E-state index in [0.717, 1.165) is 77.0 Å². The molecule has 0 saturated carbocycles. The van der Waals surface area contributed by atoms with Crippen LogP contribution >= 0.6 is 0 Å². The Balaban J connectivity index is 4.47. The van der Waals surface area contributed by atoms with Crippen molar-refractivity contribution in [2.75, 3.05) is 13.2 Å². The Morgan fingerprint density at radius 1 is 0.299 bits per heavy atom. The van der Waals surface area contributed by atoms with Crippen LogP contribution < -0.4 is 0 Å². The molecule has 0 spiro atoms. The summed E-state index contributed by atoms with van der Waals surface area (Å²) in [6.45, 7) is 6.55. The van der Waals surface area contributed by atoms with E-state index in [4.69, 9.17) is 14.2 Å². The zero-order valence-electron chi connectivity index (χ0n) is 44.2. The Morgan fingerprint density at radius 2 is 0.552 bits per heavy atom. The summed E-state index contributed by atoms with van der Waals surface area (Å²) in [7, 11) is 0. The molecule has 0 aromatic heterocycles. The van der Waals surface area contributed by atoms with Crippen molar-refractivity contribution in [2.24, 2.45) is 0 Å². The molecule has 0 amide bonds. The van der Waals surface area contributed by atoms with Gasteiger partial charge in [0.1, 0.15) is 13.2 Å². The zero-order valence-corrected chi connectivity index (χ0v) is 44.2. The van der Waals surface area contributed by atoms with Gasteiger partial charge in [0.15, 0.2) is 6.10 Å². The molecule has 1 atom stereocenters. The Kier molecular flexibility index (Phi) is 52.8. The van der Waals surface area contributed by atoms with Crippen LogP contribution in [0.4, 0.5) is 0 Å². The molecule has 0 aliphatic heterocycles. The molecular weight excluding hydrogens is 829 g/mol. The van der Waals surface area contributed by atoms with E-state index < -0.39 is 6.10 Å². The van der Waals surface area contributed by atoms with Gasteiger partial charge < -0.3 is 14.2 Å². The minimum Gasteiger partial charge on any atom is -0.462 e. The van der Waals surface area contributed by atoms with Crippen molar-refractivity contribution in [2.45, 2.75) is 284 Å². The topological polar surface area (TPSA) is 78.9 Å². The lowest BCUT2D eigenvalue weighted by molar-refractivity contribution is -0.167. The number of rotatable bonds is 51. The summed E-state index contributed by atoms with van der Waals surface area (Å²) in [6, 6.07) is 0. The zero-order chi connectivity index (χ0) is 48.6. The highest BCUT2D eigenvalue weighted by Gasteiger charge is 2.19. The SMILES string of the molecule is CCCCC/C=C\C/C=C\C/C=C\C/C=C\CCCC(=O)OCC(COC(=O)CCCCCCCCCCCCCCCCC)OC(=O)CCCCCCCCC/C=C\C/C=C\CCCCC. The van der Waals surface area contributed by atoms with Gasteiger partial charge in [0, 0.05) is 19.3 Å². The molecule has 1 unspecified atom stereocenters. The average molecular weight is 936 g/mol. The van der Waals surface area contributed by atoms with Gasteiger partial charge in [-0.25, -0.2) is 0 Å². The van der Waals surface area contributed by atoms with Crippen molar-refractivity contribution in [1.82, 2.24) is 0 Å². The van der Waals surface area contributed by atoms with Crippen molar-refractivity contribution in [3.63, 3.8) is 0 Å². The van der Waals surface area contributed by atoms with Crippen LogP contribution in [0.3, 0.4) is 0 Å². The fourth-order valence-corrected chi connectivity index (χ4v) is 7.88. The Hall–Kier alpha value is -3.15. The molecule has 67 heavy (non-hydrogen) atoms. The summed E-state index contributed by atoms with van der Waals surface area (Å²) in [5.41, 5.74) is 0. The van der Waals surface area contributed by atoms with E-state index in [2.05, 4.69) is 93.7 Å². The molecule has 0 rings (SSSR count). The Labute approximate surface area is 414 Å². The third kappa shape index (κ3) is 53.7. The highest BCUT2D eigenvalue weighted by molar-refractivity contribution is 5.71. The Morgan fingerprint density at radius 3 is 0.925 bits per heavy atom. The lowest BCUT2D eigenvalue weighted by Gasteiger charge is -2.18. The second-order valence-corrected chi connectivity index (χ2v) is 18.8. The minimum atomic E-state index is -0.800. The van der Waals surface area contributed by atoms with Gasteiger partial charge in [-0.15, -0.1) is 0 Å². The van der Waals surface area contributed by atoms with E-state index >= 15 is 0 Å². The molecule has 0 aromatic carbocycles. The van der Waals surface area contributed by atoms with Crippen molar-refractivity contribution >= 4 is 17.9 Å². The summed E-state index contributed by atoms with van der Waals surface area (Å²) < 4.78 is 16.8. The molecule has 386 valence electrons. The van der Waals surface area contributed by atoms with Crippen molar-refractivity contribution in [1.29, 1.82) is 0 Å². The van der Waals surface area contributed by atoms with Gasteiger partial charge >= 0.3 is 17.9 Å². The summed E-state index contributed by atoms with van der Waals surface area (Å²) >= 11 is 0. The number of ether oxygens (including phenoxy) is 3. The van der Waals surface area contributed by atoms with Gasteiger partial charge in [-0.3, -0.25) is 14.4 Å². The molecule has 6 nitrogen and oxygen atoms in total. The maximum atomic E-state index is 12.8. The van der Waals surface area contributed by atoms with E-state index in [1.807, 2.05) is 0 Å². The second kappa shape index (κ2) is 55.4. The molecule has 0 saturated heterocycles. The predicted molar refractivity (Wildman–Crippen MR) is 288 cm³/mol. The van der Waals surface area contributed by atoms with Gasteiger partial charge in [0.25, 0.3) is 0 Å². The summed E-state index contributed by atoms with van der Waals surface area (Å²) in [5.74, 6) is -0.951.